The van der Waals surface area contributed by atoms with E-state index in [4.69, 9.17) is 11.6 Å². The third-order valence-corrected chi connectivity index (χ3v) is 3.67. The highest BCUT2D eigenvalue weighted by atomic mass is 35.5. The smallest absolute Gasteiger partial charge is 0.0931 e. The molecule has 0 amide bonds. The average Bonchev–Trinajstić information content (AvgIpc) is 2.60. The largest absolute Gasteiger partial charge is 0.310 e. The summed E-state index contributed by atoms with van der Waals surface area (Å²) in [4.78, 5) is 0. The van der Waals surface area contributed by atoms with Crippen LogP contribution < -0.4 is 5.32 Å². The Balaban J connectivity index is 2.39. The molecular formula is C11H18ClNS. The molecule has 80 valence electrons. The molecule has 2 unspecified atom stereocenters. The summed E-state index contributed by atoms with van der Waals surface area (Å²) in [5.74, 6) is 0.742. The summed E-state index contributed by atoms with van der Waals surface area (Å²) in [6, 6.07) is 2.45. The molecule has 0 aliphatic heterocycles. The second kappa shape index (κ2) is 5.74. The molecule has 14 heavy (non-hydrogen) atoms. The second-order valence-electron chi connectivity index (χ2n) is 3.83. The standard InChI is InChI=1S/C11H18ClNS/c1-4-8(2)6-13-9(3)10-5-11(12)14-7-10/h5,7-9,13H,4,6H2,1-3H3. The quantitative estimate of drug-likeness (QED) is 0.805. The van der Waals surface area contributed by atoms with Crippen LogP contribution in [0.2, 0.25) is 4.34 Å². The summed E-state index contributed by atoms with van der Waals surface area (Å²) in [7, 11) is 0. The van der Waals surface area contributed by atoms with E-state index in [-0.39, 0.29) is 0 Å². The van der Waals surface area contributed by atoms with E-state index < -0.39 is 0 Å². The van der Waals surface area contributed by atoms with Crippen LogP contribution in [0.25, 0.3) is 0 Å². The Hall–Kier alpha value is -0.0500. The summed E-state index contributed by atoms with van der Waals surface area (Å²) < 4.78 is 0.872. The Morgan fingerprint density at radius 2 is 2.21 bits per heavy atom. The lowest BCUT2D eigenvalue weighted by atomic mass is 10.1. The Bertz CT molecular complexity index is 272. The van der Waals surface area contributed by atoms with Crippen molar-refractivity contribution in [3.8, 4) is 0 Å². The van der Waals surface area contributed by atoms with Crippen LogP contribution >= 0.6 is 22.9 Å². The van der Waals surface area contributed by atoms with E-state index in [1.807, 2.05) is 6.07 Å². The SMILES string of the molecule is CCC(C)CNC(C)c1csc(Cl)c1. The van der Waals surface area contributed by atoms with Crippen molar-refractivity contribution in [2.75, 3.05) is 6.54 Å². The fraction of sp³-hybridized carbons (Fsp3) is 0.636. The summed E-state index contributed by atoms with van der Waals surface area (Å²) >= 11 is 7.48. The third-order valence-electron chi connectivity index (χ3n) is 2.56. The monoisotopic (exact) mass is 231 g/mol. The molecule has 0 spiro atoms. The van der Waals surface area contributed by atoms with E-state index in [9.17, 15) is 0 Å². The van der Waals surface area contributed by atoms with Gasteiger partial charge in [-0.05, 0) is 36.4 Å². The molecule has 1 aromatic rings. The van der Waals surface area contributed by atoms with Crippen molar-refractivity contribution >= 4 is 22.9 Å². The number of nitrogens with one attached hydrogen (secondary N) is 1. The van der Waals surface area contributed by atoms with E-state index in [1.54, 1.807) is 11.3 Å². The van der Waals surface area contributed by atoms with Crippen LogP contribution in [0.15, 0.2) is 11.4 Å². The fourth-order valence-electron chi connectivity index (χ4n) is 1.19. The van der Waals surface area contributed by atoms with E-state index in [0.717, 1.165) is 16.8 Å². The minimum atomic E-state index is 0.410. The zero-order chi connectivity index (χ0) is 10.6. The van der Waals surface area contributed by atoms with Gasteiger partial charge >= 0.3 is 0 Å². The molecule has 1 heterocycles. The maximum absolute atomic E-state index is 5.89. The van der Waals surface area contributed by atoms with Crippen molar-refractivity contribution < 1.29 is 0 Å². The van der Waals surface area contributed by atoms with Crippen molar-refractivity contribution in [2.24, 2.45) is 5.92 Å². The predicted octanol–water partition coefficient (Wildman–Crippen LogP) is 4.10. The van der Waals surface area contributed by atoms with Gasteiger partial charge in [0, 0.05) is 6.04 Å². The zero-order valence-corrected chi connectivity index (χ0v) is 10.6. The Kier molecular flexibility index (Phi) is 4.93. The molecule has 0 aliphatic carbocycles. The van der Waals surface area contributed by atoms with Crippen LogP contribution in [0, 0.1) is 5.92 Å². The molecule has 3 heteroatoms. The summed E-state index contributed by atoms with van der Waals surface area (Å²) in [5.41, 5.74) is 1.29. The molecule has 1 N–H and O–H groups in total. The topological polar surface area (TPSA) is 12.0 Å². The molecular weight excluding hydrogens is 214 g/mol. The van der Waals surface area contributed by atoms with Crippen LogP contribution in [0.1, 0.15) is 38.8 Å². The zero-order valence-electron chi connectivity index (χ0n) is 9.01. The maximum atomic E-state index is 5.89. The highest BCUT2D eigenvalue weighted by Gasteiger charge is 2.08. The second-order valence-corrected chi connectivity index (χ2v) is 5.37. The molecule has 2 atom stereocenters. The van der Waals surface area contributed by atoms with E-state index in [2.05, 4.69) is 31.5 Å². The average molecular weight is 232 g/mol. The lowest BCUT2D eigenvalue weighted by Crippen LogP contribution is -2.23. The molecule has 1 nitrogen and oxygen atoms in total. The minimum absolute atomic E-state index is 0.410. The predicted molar refractivity (Wildman–Crippen MR) is 65.2 cm³/mol. The maximum Gasteiger partial charge on any atom is 0.0931 e. The molecule has 0 saturated heterocycles. The summed E-state index contributed by atoms with van der Waals surface area (Å²) in [6.45, 7) is 7.74. The molecule has 1 rings (SSSR count). The highest BCUT2D eigenvalue weighted by Crippen LogP contribution is 2.24. The van der Waals surface area contributed by atoms with Gasteiger partial charge in [-0.1, -0.05) is 31.9 Å². The fourth-order valence-corrected chi connectivity index (χ4v) is 2.18. The van der Waals surface area contributed by atoms with Crippen LogP contribution in [0.4, 0.5) is 0 Å². The van der Waals surface area contributed by atoms with Gasteiger partial charge in [0.1, 0.15) is 0 Å². The number of thiophene rings is 1. The number of hydrogen-bond donors (Lipinski definition) is 1. The van der Waals surface area contributed by atoms with Crippen molar-refractivity contribution in [1.29, 1.82) is 0 Å². The van der Waals surface area contributed by atoms with Gasteiger partial charge in [-0.15, -0.1) is 11.3 Å². The lowest BCUT2D eigenvalue weighted by Gasteiger charge is -2.15. The molecule has 0 aliphatic rings. The Labute approximate surface area is 95.5 Å². The first-order valence-corrected chi connectivity index (χ1v) is 6.36. The summed E-state index contributed by atoms with van der Waals surface area (Å²) in [6.07, 6.45) is 1.23. The summed E-state index contributed by atoms with van der Waals surface area (Å²) in [5, 5.41) is 5.63. The van der Waals surface area contributed by atoms with Crippen molar-refractivity contribution in [3.05, 3.63) is 21.3 Å². The Morgan fingerprint density at radius 1 is 1.50 bits per heavy atom. The highest BCUT2D eigenvalue weighted by molar-refractivity contribution is 7.14. The van der Waals surface area contributed by atoms with Gasteiger partial charge in [0.15, 0.2) is 0 Å². The lowest BCUT2D eigenvalue weighted by molar-refractivity contribution is 0.461. The van der Waals surface area contributed by atoms with Gasteiger partial charge in [-0.25, -0.2) is 0 Å². The van der Waals surface area contributed by atoms with Gasteiger partial charge in [0.2, 0.25) is 0 Å². The first-order chi connectivity index (χ1) is 6.63. The van der Waals surface area contributed by atoms with Gasteiger partial charge < -0.3 is 5.32 Å². The van der Waals surface area contributed by atoms with Crippen LogP contribution in [0.3, 0.4) is 0 Å². The van der Waals surface area contributed by atoms with Gasteiger partial charge in [-0.3, -0.25) is 0 Å². The number of hydrogen-bond acceptors (Lipinski definition) is 2. The molecule has 1 aromatic heterocycles. The number of halogens is 1. The van der Waals surface area contributed by atoms with Gasteiger partial charge in [0.05, 0.1) is 4.34 Å². The van der Waals surface area contributed by atoms with Gasteiger partial charge in [0.25, 0.3) is 0 Å². The molecule has 0 aromatic carbocycles. The van der Waals surface area contributed by atoms with Crippen LogP contribution in [0.5, 0.6) is 0 Å². The van der Waals surface area contributed by atoms with E-state index >= 15 is 0 Å². The Morgan fingerprint density at radius 3 is 2.71 bits per heavy atom. The molecule has 0 radical (unpaired) electrons. The number of rotatable bonds is 5. The van der Waals surface area contributed by atoms with Crippen molar-refractivity contribution in [1.82, 2.24) is 5.32 Å². The molecule has 0 fully saturated rings. The first-order valence-electron chi connectivity index (χ1n) is 5.10. The normalized spacial score (nSPS) is 15.4. The minimum Gasteiger partial charge on any atom is -0.310 e. The molecule has 0 saturated carbocycles. The van der Waals surface area contributed by atoms with Gasteiger partial charge in [-0.2, -0.15) is 0 Å². The van der Waals surface area contributed by atoms with Crippen LogP contribution in [-0.2, 0) is 0 Å². The first kappa shape index (κ1) is 12.0. The van der Waals surface area contributed by atoms with Crippen LogP contribution in [-0.4, -0.2) is 6.54 Å². The van der Waals surface area contributed by atoms with Crippen molar-refractivity contribution in [2.45, 2.75) is 33.2 Å². The van der Waals surface area contributed by atoms with E-state index in [0.29, 0.717) is 6.04 Å². The third kappa shape index (κ3) is 3.60. The van der Waals surface area contributed by atoms with E-state index in [1.165, 1.54) is 12.0 Å². The molecule has 0 bridgehead atoms. The van der Waals surface area contributed by atoms with Crippen molar-refractivity contribution in [3.63, 3.8) is 0 Å².